The van der Waals surface area contributed by atoms with E-state index < -0.39 is 11.9 Å². The minimum absolute atomic E-state index is 0.185. The van der Waals surface area contributed by atoms with E-state index in [0.717, 1.165) is 6.07 Å². The molecule has 0 aromatic carbocycles. The van der Waals surface area contributed by atoms with E-state index in [1.165, 1.54) is 12.3 Å². The molecule has 23 heavy (non-hydrogen) atoms. The molecule has 0 spiro atoms. The highest BCUT2D eigenvalue weighted by molar-refractivity contribution is 5.94. The number of hydrogen-bond donors (Lipinski definition) is 0. The molecular weight excluding hydrogens is 305 g/mol. The SMILES string of the molecule is C=Cc1cc(C(F)(F)F)nc2c1C=NCN2c1cccnc1C. The summed E-state index contributed by atoms with van der Waals surface area (Å²) >= 11 is 0. The van der Waals surface area contributed by atoms with E-state index in [1.807, 2.05) is 0 Å². The standard InChI is InChI=1S/C16H13F3N4/c1-3-11-7-14(16(17,18)19)22-15-12(11)8-20-9-23(15)13-5-4-6-21-10(13)2/h3-8H,1,9H2,2H3. The summed E-state index contributed by atoms with van der Waals surface area (Å²) < 4.78 is 39.4. The Bertz CT molecular complexity index is 796. The maximum Gasteiger partial charge on any atom is 0.433 e. The fourth-order valence-corrected chi connectivity index (χ4v) is 2.44. The summed E-state index contributed by atoms with van der Waals surface area (Å²) in [6.07, 6.45) is 0.00179. The van der Waals surface area contributed by atoms with E-state index in [0.29, 0.717) is 22.5 Å². The number of fused-ring (bicyclic) bond motifs is 1. The van der Waals surface area contributed by atoms with Gasteiger partial charge in [-0.1, -0.05) is 12.7 Å². The van der Waals surface area contributed by atoms with Crippen molar-refractivity contribution in [1.29, 1.82) is 0 Å². The summed E-state index contributed by atoms with van der Waals surface area (Å²) in [5.41, 5.74) is 1.27. The predicted octanol–water partition coefficient (Wildman–Crippen LogP) is 3.97. The van der Waals surface area contributed by atoms with Crippen LogP contribution in [0, 0.1) is 6.92 Å². The van der Waals surface area contributed by atoms with Gasteiger partial charge in [0, 0.05) is 18.0 Å². The third kappa shape index (κ3) is 2.69. The van der Waals surface area contributed by atoms with E-state index >= 15 is 0 Å². The van der Waals surface area contributed by atoms with Crippen LogP contribution in [0.15, 0.2) is 36.0 Å². The summed E-state index contributed by atoms with van der Waals surface area (Å²) in [7, 11) is 0. The Kier molecular flexibility index (Phi) is 3.63. The number of anilines is 2. The molecule has 1 aliphatic heterocycles. The van der Waals surface area contributed by atoms with Crippen LogP contribution in [0.3, 0.4) is 0 Å². The number of halogens is 3. The van der Waals surface area contributed by atoms with Gasteiger partial charge in [0.1, 0.15) is 18.2 Å². The molecule has 7 heteroatoms. The highest BCUT2D eigenvalue weighted by Crippen LogP contribution is 2.36. The van der Waals surface area contributed by atoms with Gasteiger partial charge in [-0.2, -0.15) is 13.2 Å². The molecule has 4 nitrogen and oxygen atoms in total. The van der Waals surface area contributed by atoms with E-state index in [2.05, 4.69) is 21.5 Å². The Morgan fingerprint density at radius 1 is 1.35 bits per heavy atom. The molecular formula is C16H13F3N4. The molecule has 0 unspecified atom stereocenters. The quantitative estimate of drug-likeness (QED) is 0.841. The number of alkyl halides is 3. The molecule has 3 rings (SSSR count). The lowest BCUT2D eigenvalue weighted by molar-refractivity contribution is -0.141. The van der Waals surface area contributed by atoms with Crippen molar-refractivity contribution in [3.63, 3.8) is 0 Å². The summed E-state index contributed by atoms with van der Waals surface area (Å²) in [5.74, 6) is 0.209. The Morgan fingerprint density at radius 3 is 2.78 bits per heavy atom. The minimum Gasteiger partial charge on any atom is -0.304 e. The van der Waals surface area contributed by atoms with E-state index in [-0.39, 0.29) is 12.5 Å². The van der Waals surface area contributed by atoms with Crippen molar-refractivity contribution in [3.8, 4) is 0 Å². The third-order valence-corrected chi connectivity index (χ3v) is 3.55. The van der Waals surface area contributed by atoms with Gasteiger partial charge in [-0.05, 0) is 30.7 Å². The number of aliphatic imine (C=N–C) groups is 1. The van der Waals surface area contributed by atoms with Crippen molar-refractivity contribution < 1.29 is 13.2 Å². The van der Waals surface area contributed by atoms with Crippen LogP contribution < -0.4 is 4.90 Å². The van der Waals surface area contributed by atoms with E-state index in [1.54, 1.807) is 30.2 Å². The third-order valence-electron chi connectivity index (χ3n) is 3.55. The smallest absolute Gasteiger partial charge is 0.304 e. The molecule has 0 saturated carbocycles. The van der Waals surface area contributed by atoms with Gasteiger partial charge in [0.05, 0.1) is 11.4 Å². The largest absolute Gasteiger partial charge is 0.433 e. The molecule has 0 N–H and O–H groups in total. The first-order valence-corrected chi connectivity index (χ1v) is 6.85. The zero-order chi connectivity index (χ0) is 16.6. The monoisotopic (exact) mass is 318 g/mol. The van der Waals surface area contributed by atoms with Gasteiger partial charge < -0.3 is 4.90 Å². The minimum atomic E-state index is -4.53. The second-order valence-electron chi connectivity index (χ2n) is 5.02. The maximum atomic E-state index is 13.1. The molecule has 0 aliphatic carbocycles. The van der Waals surface area contributed by atoms with Gasteiger partial charge in [-0.3, -0.25) is 9.98 Å². The zero-order valence-electron chi connectivity index (χ0n) is 12.3. The van der Waals surface area contributed by atoms with Gasteiger partial charge in [-0.25, -0.2) is 4.98 Å². The van der Waals surface area contributed by atoms with Crippen LogP contribution in [0.1, 0.15) is 22.5 Å². The number of hydrogen-bond acceptors (Lipinski definition) is 4. The molecule has 118 valence electrons. The topological polar surface area (TPSA) is 41.4 Å². The van der Waals surface area contributed by atoms with Crippen LogP contribution in [-0.4, -0.2) is 22.9 Å². The normalized spacial score (nSPS) is 13.8. The van der Waals surface area contributed by atoms with Crippen molar-refractivity contribution in [2.24, 2.45) is 4.99 Å². The van der Waals surface area contributed by atoms with Crippen molar-refractivity contribution in [3.05, 3.63) is 53.5 Å². The first-order valence-electron chi connectivity index (χ1n) is 6.85. The summed E-state index contributed by atoms with van der Waals surface area (Å²) in [6.45, 7) is 5.56. The number of rotatable bonds is 2. The summed E-state index contributed by atoms with van der Waals surface area (Å²) in [6, 6.07) is 4.49. The van der Waals surface area contributed by atoms with Crippen LogP contribution in [-0.2, 0) is 6.18 Å². The lowest BCUT2D eigenvalue weighted by atomic mass is 10.1. The number of nitrogens with zero attached hydrogens (tertiary/aromatic N) is 4. The van der Waals surface area contributed by atoms with Gasteiger partial charge >= 0.3 is 6.18 Å². The van der Waals surface area contributed by atoms with Crippen molar-refractivity contribution >= 4 is 23.8 Å². The number of aromatic nitrogens is 2. The molecule has 0 amide bonds. The van der Waals surface area contributed by atoms with Crippen molar-refractivity contribution in [2.45, 2.75) is 13.1 Å². The van der Waals surface area contributed by atoms with Crippen molar-refractivity contribution in [2.75, 3.05) is 11.6 Å². The Labute approximate surface area is 131 Å². The molecule has 2 aromatic rings. The Balaban J connectivity index is 2.23. The van der Waals surface area contributed by atoms with Crippen LogP contribution in [0.4, 0.5) is 24.7 Å². The van der Waals surface area contributed by atoms with E-state index in [4.69, 9.17) is 0 Å². The van der Waals surface area contributed by atoms with Crippen molar-refractivity contribution in [1.82, 2.24) is 9.97 Å². The number of aryl methyl sites for hydroxylation is 1. The van der Waals surface area contributed by atoms with Crippen LogP contribution in [0.25, 0.3) is 6.08 Å². The Hall–Kier alpha value is -2.70. The zero-order valence-corrected chi connectivity index (χ0v) is 12.3. The van der Waals surface area contributed by atoms with Gasteiger partial charge in [-0.15, -0.1) is 0 Å². The van der Waals surface area contributed by atoms with Crippen LogP contribution in [0.2, 0.25) is 0 Å². The predicted molar refractivity (Wildman–Crippen MR) is 82.9 cm³/mol. The molecule has 0 fully saturated rings. The lowest BCUT2D eigenvalue weighted by Gasteiger charge is -2.28. The van der Waals surface area contributed by atoms with Crippen LogP contribution in [0.5, 0.6) is 0 Å². The molecule has 0 atom stereocenters. The van der Waals surface area contributed by atoms with Gasteiger partial charge in [0.15, 0.2) is 0 Å². The average Bonchev–Trinajstić information content (AvgIpc) is 2.53. The molecule has 3 heterocycles. The van der Waals surface area contributed by atoms with Crippen LogP contribution >= 0.6 is 0 Å². The highest BCUT2D eigenvalue weighted by Gasteiger charge is 2.35. The second kappa shape index (κ2) is 5.49. The Morgan fingerprint density at radius 2 is 2.13 bits per heavy atom. The molecule has 1 aliphatic rings. The summed E-state index contributed by atoms with van der Waals surface area (Å²) in [5, 5.41) is 0. The second-order valence-corrected chi connectivity index (χ2v) is 5.02. The van der Waals surface area contributed by atoms with Gasteiger partial charge in [0.2, 0.25) is 0 Å². The van der Waals surface area contributed by atoms with E-state index in [9.17, 15) is 13.2 Å². The fourth-order valence-electron chi connectivity index (χ4n) is 2.44. The first kappa shape index (κ1) is 15.2. The highest BCUT2D eigenvalue weighted by atomic mass is 19.4. The molecule has 0 saturated heterocycles. The lowest BCUT2D eigenvalue weighted by Crippen LogP contribution is -2.26. The average molecular weight is 318 g/mol. The molecule has 0 radical (unpaired) electrons. The molecule has 2 aromatic heterocycles. The molecule has 0 bridgehead atoms. The van der Waals surface area contributed by atoms with Gasteiger partial charge in [0.25, 0.3) is 0 Å². The number of pyridine rings is 2. The summed E-state index contributed by atoms with van der Waals surface area (Å²) in [4.78, 5) is 13.9. The first-order chi connectivity index (χ1) is 10.9. The fraction of sp³-hybridized carbons (Fsp3) is 0.188. The maximum absolute atomic E-state index is 13.1.